The summed E-state index contributed by atoms with van der Waals surface area (Å²) in [5.74, 6) is -7.58. The summed E-state index contributed by atoms with van der Waals surface area (Å²) in [4.78, 5) is 174. The fourth-order valence-corrected chi connectivity index (χ4v) is 12.1. The van der Waals surface area contributed by atoms with Crippen LogP contribution in [-0.4, -0.2) is 258 Å². The molecule has 0 aliphatic rings. The number of esters is 1. The maximum atomic E-state index is 15.2. The molecule has 2 unspecified atom stereocenters. The first-order chi connectivity index (χ1) is 44.8. The van der Waals surface area contributed by atoms with Crippen LogP contribution in [0, 0.1) is 35.5 Å². The Hall–Kier alpha value is -6.13. The molecule has 0 radical (unpaired) electrons. The van der Waals surface area contributed by atoms with Crippen LogP contribution >= 0.6 is 11.8 Å². The molecule has 554 valence electrons. The summed E-state index contributed by atoms with van der Waals surface area (Å²) in [6.45, 7) is 27.4. The van der Waals surface area contributed by atoms with E-state index in [-0.39, 0.29) is 86.6 Å². The molecule has 0 aromatic heterocycles. The zero-order chi connectivity index (χ0) is 74.0. The second kappa shape index (κ2) is 46.2. The number of carbonyl (C=O) groups excluding carboxylic acids is 12. The Morgan fingerprint density at radius 3 is 1.53 bits per heavy atom. The summed E-state index contributed by atoms with van der Waals surface area (Å²) < 4.78 is 4.95. The van der Waals surface area contributed by atoms with Crippen LogP contribution in [0.3, 0.4) is 0 Å². The summed E-state index contributed by atoms with van der Waals surface area (Å²) in [7, 11) is 9.86. The van der Waals surface area contributed by atoms with Crippen molar-refractivity contribution in [2.24, 2.45) is 35.5 Å². The number of unbranched alkanes of at least 4 members (excludes halogenated alkanes) is 4. The number of rotatable bonds is 46. The molecule has 0 saturated heterocycles. The Balaban J connectivity index is 6.94. The summed E-state index contributed by atoms with van der Waals surface area (Å²) in [6, 6.07) is -11.5. The quantitative estimate of drug-likeness (QED) is 0.0318. The number of ether oxygens (including phenoxy) is 1. The lowest BCUT2D eigenvalue weighted by molar-refractivity contribution is -0.150. The average Bonchev–Trinajstić information content (AvgIpc) is 0.843. The number of nitrogens with one attached hydrogen (secondary N) is 6. The van der Waals surface area contributed by atoms with Crippen molar-refractivity contribution in [3.05, 3.63) is 0 Å². The number of thioether (sulfide) groups is 1. The van der Waals surface area contributed by atoms with Gasteiger partial charge in [-0.2, -0.15) is 11.8 Å². The van der Waals surface area contributed by atoms with Gasteiger partial charge in [-0.25, -0.2) is 4.79 Å². The molecule has 11 atom stereocenters. The third kappa shape index (κ3) is 30.7. The number of likely N-dealkylation sites (N-methyl/N-ethyl adjacent to an activating group) is 6. The van der Waals surface area contributed by atoms with E-state index in [1.165, 1.54) is 99.4 Å². The number of nitrogens with zero attached hydrogens (tertiary/aromatic N) is 6. The van der Waals surface area contributed by atoms with E-state index in [2.05, 4.69) is 31.9 Å². The van der Waals surface area contributed by atoms with Crippen LogP contribution in [0.15, 0.2) is 0 Å². The molecule has 0 fully saturated rings. The fraction of sp³-hybridized carbons (Fsp3) is 0.824. The van der Waals surface area contributed by atoms with E-state index in [1.807, 2.05) is 62.3 Å². The number of aliphatic hydroxyl groups excluding tert-OH is 2. The topological polar surface area (TPSA) is 346 Å². The first kappa shape index (κ1) is 89.9. The molecule has 0 rings (SSSR count). The van der Waals surface area contributed by atoms with Gasteiger partial charge in [0.2, 0.25) is 53.2 Å². The highest BCUT2D eigenvalue weighted by atomic mass is 32.2. The largest absolute Gasteiger partial charge is 0.465 e. The standard InChI is InChI=1S/C68H126N12O15S/c1-23-49(73-62(88)57(79(21)54(82)38-44(9)10)58(84)46(13)31-27-25-26-28-32-70-39-55(83)95-24-2)64(90)78(20)53(40-96-34-30-29-33-81)66(92)75(17)51(36-42(5)6)61(87)74-56(45(11)12)67(93)76(18)50(35-41(3)4)60(86)71-47(14)59(85)72-48(15)63(89)77(19)52(37-43(7)8)65(91)80(22)68(94)69-16/h41-53,56-58,70,81,84H,23-40H2,1-22H3,(H,69,94)(H,71,86)(H,72,85)(H,73,88)(H,74,87)/t46-,47+,48?,49+,50+,51+,52+,53-,56+,57?,58-/m1/s1. The predicted octanol–water partition coefficient (Wildman–Crippen LogP) is 3.75. The van der Waals surface area contributed by atoms with Crippen molar-refractivity contribution in [2.75, 3.05) is 87.1 Å². The van der Waals surface area contributed by atoms with Gasteiger partial charge in [-0.15, -0.1) is 0 Å². The minimum absolute atomic E-state index is 0.0457. The zero-order valence-corrected chi connectivity index (χ0v) is 63.1. The third-order valence-electron chi connectivity index (χ3n) is 17.0. The average molecular weight is 1380 g/mol. The summed E-state index contributed by atoms with van der Waals surface area (Å²) in [5.41, 5.74) is 0. The van der Waals surface area contributed by atoms with E-state index in [9.17, 15) is 63.0 Å². The molecular formula is C68H126N12O15S. The molecular weight excluding hydrogens is 1260 g/mol. The van der Waals surface area contributed by atoms with Gasteiger partial charge in [-0.05, 0) is 120 Å². The number of imide groups is 1. The van der Waals surface area contributed by atoms with Crippen molar-refractivity contribution in [2.45, 2.75) is 241 Å². The van der Waals surface area contributed by atoms with Gasteiger partial charge in [0.05, 0.1) is 19.3 Å². The maximum absolute atomic E-state index is 15.2. The lowest BCUT2D eigenvalue weighted by Crippen LogP contribution is -2.62. The monoisotopic (exact) mass is 1380 g/mol. The lowest BCUT2D eigenvalue weighted by Gasteiger charge is -2.38. The molecule has 0 aromatic carbocycles. The van der Waals surface area contributed by atoms with Gasteiger partial charge in [-0.3, -0.25) is 57.6 Å². The van der Waals surface area contributed by atoms with Gasteiger partial charge in [0, 0.05) is 68.1 Å². The first-order valence-electron chi connectivity index (χ1n) is 34.6. The lowest BCUT2D eigenvalue weighted by atomic mass is 9.90. The Morgan fingerprint density at radius 1 is 0.510 bits per heavy atom. The predicted molar refractivity (Wildman–Crippen MR) is 373 cm³/mol. The number of hydrogen-bond donors (Lipinski definition) is 8. The zero-order valence-electron chi connectivity index (χ0n) is 62.3. The highest BCUT2D eigenvalue weighted by Gasteiger charge is 2.43. The molecule has 27 nitrogen and oxygen atoms in total. The van der Waals surface area contributed by atoms with E-state index in [0.29, 0.717) is 38.2 Å². The van der Waals surface area contributed by atoms with Crippen LogP contribution < -0.4 is 31.9 Å². The van der Waals surface area contributed by atoms with Crippen molar-refractivity contribution in [1.82, 2.24) is 61.3 Å². The molecule has 8 N–H and O–H groups in total. The van der Waals surface area contributed by atoms with Crippen molar-refractivity contribution in [3.8, 4) is 0 Å². The van der Waals surface area contributed by atoms with Crippen molar-refractivity contribution >= 4 is 82.8 Å². The smallest absolute Gasteiger partial charge is 0.323 e. The SMILES string of the molecule is CCOC(=O)CNCCCCCC[C@@H](C)[C@@H](O)C(C(=O)N[C@@H](CC)C(=O)N(C)[C@H](CSCCCCO)C(=O)N(C)[C@@H](CC(C)C)C(=O)N[C@H](C(=O)N(C)[C@@H](CC(C)C)C(=O)N[C@@H](C)C(=O)NC(C)C(=O)N(C)[C@@H](CC(C)C)C(=O)N(C)C(=O)NC)C(C)C)N(C)C(=O)CC(C)C. The second-order valence-corrected chi connectivity index (χ2v) is 28.7. The normalized spacial score (nSPS) is 15.0. The highest BCUT2D eigenvalue weighted by Crippen LogP contribution is 2.24. The second-order valence-electron chi connectivity index (χ2n) is 27.6. The van der Waals surface area contributed by atoms with Crippen molar-refractivity contribution in [3.63, 3.8) is 0 Å². The fourth-order valence-electron chi connectivity index (χ4n) is 10.9. The van der Waals surface area contributed by atoms with Crippen LogP contribution in [0.2, 0.25) is 0 Å². The Bertz CT molecular complexity index is 2470. The van der Waals surface area contributed by atoms with Gasteiger partial charge in [-0.1, -0.05) is 102 Å². The number of amides is 12. The van der Waals surface area contributed by atoms with Crippen molar-refractivity contribution < 1.29 is 72.5 Å². The molecule has 0 spiro atoms. The van der Waals surface area contributed by atoms with Crippen LogP contribution in [-0.2, 0) is 57.5 Å². The summed E-state index contributed by atoms with van der Waals surface area (Å²) in [5, 5.41) is 38.0. The maximum Gasteiger partial charge on any atom is 0.323 e. The molecule has 12 amide bonds. The van der Waals surface area contributed by atoms with Gasteiger partial charge >= 0.3 is 12.0 Å². The molecule has 0 aliphatic heterocycles. The van der Waals surface area contributed by atoms with E-state index < -0.39 is 132 Å². The van der Waals surface area contributed by atoms with Gasteiger partial charge in [0.25, 0.3) is 5.91 Å². The highest BCUT2D eigenvalue weighted by molar-refractivity contribution is 7.99. The molecule has 28 heteroatoms. The third-order valence-corrected chi connectivity index (χ3v) is 18.1. The van der Waals surface area contributed by atoms with Gasteiger partial charge in [0.1, 0.15) is 54.4 Å². The molecule has 0 bridgehead atoms. The van der Waals surface area contributed by atoms with Crippen LogP contribution in [0.1, 0.15) is 181 Å². The van der Waals surface area contributed by atoms with Crippen LogP contribution in [0.4, 0.5) is 4.79 Å². The van der Waals surface area contributed by atoms with Gasteiger partial charge < -0.3 is 71.4 Å². The summed E-state index contributed by atoms with van der Waals surface area (Å²) in [6.07, 6.45) is 4.15. The van der Waals surface area contributed by atoms with E-state index in [4.69, 9.17) is 4.74 Å². The van der Waals surface area contributed by atoms with E-state index in [0.717, 1.165) is 30.6 Å². The van der Waals surface area contributed by atoms with Crippen LogP contribution in [0.25, 0.3) is 0 Å². The number of hydrogen-bond acceptors (Lipinski definition) is 17. The Morgan fingerprint density at radius 2 is 1.02 bits per heavy atom. The number of carbonyl (C=O) groups is 12. The Labute approximate surface area is 578 Å². The van der Waals surface area contributed by atoms with Crippen LogP contribution in [0.5, 0.6) is 0 Å². The summed E-state index contributed by atoms with van der Waals surface area (Å²) >= 11 is 1.36. The Kier molecular flexibility index (Phi) is 43.3. The van der Waals surface area contributed by atoms with E-state index >= 15 is 4.79 Å². The number of urea groups is 1. The number of aliphatic hydroxyl groups is 2. The molecule has 0 heterocycles. The minimum atomic E-state index is -1.38. The molecule has 0 aliphatic carbocycles. The van der Waals surface area contributed by atoms with E-state index in [1.54, 1.807) is 27.7 Å². The molecule has 0 aromatic rings. The first-order valence-corrected chi connectivity index (χ1v) is 35.7. The van der Waals surface area contributed by atoms with Crippen molar-refractivity contribution in [1.29, 1.82) is 0 Å². The van der Waals surface area contributed by atoms with Gasteiger partial charge in [0.15, 0.2) is 0 Å². The molecule has 96 heavy (non-hydrogen) atoms. The molecule has 0 saturated carbocycles. The minimum Gasteiger partial charge on any atom is -0.465 e.